The van der Waals surface area contributed by atoms with E-state index in [1.54, 1.807) is 0 Å². The first-order valence-corrected chi connectivity index (χ1v) is 12.7. The normalized spacial score (nSPS) is 19.8. The molecule has 5 rings (SSSR count). The Morgan fingerprint density at radius 3 is 1.60 bits per heavy atom. The van der Waals surface area contributed by atoms with Crippen LogP contribution >= 0.6 is 0 Å². The van der Waals surface area contributed by atoms with Gasteiger partial charge >= 0.3 is 0 Å². The van der Waals surface area contributed by atoms with E-state index in [0.717, 1.165) is 41.8 Å². The van der Waals surface area contributed by atoms with Crippen LogP contribution in [0.15, 0.2) is 97.1 Å². The van der Waals surface area contributed by atoms with E-state index in [-0.39, 0.29) is 5.41 Å². The van der Waals surface area contributed by atoms with Crippen molar-refractivity contribution in [1.82, 2.24) is 0 Å². The van der Waals surface area contributed by atoms with Crippen molar-refractivity contribution in [1.29, 1.82) is 0 Å². The topological polar surface area (TPSA) is 18.5 Å². The summed E-state index contributed by atoms with van der Waals surface area (Å²) < 4.78 is 12.3. The number of ether oxygens (including phenoxy) is 2. The highest BCUT2D eigenvalue weighted by molar-refractivity contribution is 5.46. The van der Waals surface area contributed by atoms with Crippen molar-refractivity contribution >= 4 is 0 Å². The van der Waals surface area contributed by atoms with Gasteiger partial charge in [-0.15, -0.1) is 0 Å². The molecule has 2 nitrogen and oxygen atoms in total. The minimum Gasteiger partial charge on any atom is -0.457 e. The lowest BCUT2D eigenvalue weighted by Gasteiger charge is -2.41. The molecule has 0 unspecified atom stereocenters. The molecular formula is C33H34O2. The monoisotopic (exact) mass is 462 g/mol. The van der Waals surface area contributed by atoms with Crippen LogP contribution in [0.1, 0.15) is 54.9 Å². The maximum atomic E-state index is 6.24. The molecule has 35 heavy (non-hydrogen) atoms. The molecule has 1 aliphatic carbocycles. The van der Waals surface area contributed by atoms with E-state index in [9.17, 15) is 0 Å². The molecule has 0 spiro atoms. The number of rotatable bonds is 6. The van der Waals surface area contributed by atoms with Crippen molar-refractivity contribution in [2.75, 3.05) is 0 Å². The number of aryl methyl sites for hydroxylation is 2. The summed E-state index contributed by atoms with van der Waals surface area (Å²) in [5.41, 5.74) is 5.14. The van der Waals surface area contributed by atoms with Gasteiger partial charge in [0.25, 0.3) is 0 Å². The van der Waals surface area contributed by atoms with Gasteiger partial charge in [0.2, 0.25) is 0 Å². The van der Waals surface area contributed by atoms with Crippen molar-refractivity contribution in [3.63, 3.8) is 0 Å². The van der Waals surface area contributed by atoms with E-state index >= 15 is 0 Å². The molecular weight excluding hydrogens is 428 g/mol. The molecule has 4 aromatic rings. The van der Waals surface area contributed by atoms with Crippen molar-refractivity contribution in [3.05, 3.63) is 119 Å². The standard InChI is InChI=1S/C33H34O2/c1-24-7-13-29(14-8-24)34-31-17-11-27(12-18-31)33(21-19-26(3)20-22-33)28-5-4-6-32(23-28)35-30-15-9-25(2)10-16-30/h4-18,23,26H,19-22H2,1-3H3. The third-order valence-electron chi connectivity index (χ3n) is 7.43. The third kappa shape index (κ3) is 5.27. The highest BCUT2D eigenvalue weighted by Gasteiger charge is 2.37. The molecule has 1 fully saturated rings. The van der Waals surface area contributed by atoms with Crippen molar-refractivity contribution in [2.45, 2.75) is 51.9 Å². The smallest absolute Gasteiger partial charge is 0.127 e. The predicted octanol–water partition coefficient (Wildman–Crippen LogP) is 9.38. The second kappa shape index (κ2) is 10.00. The van der Waals surface area contributed by atoms with E-state index in [2.05, 4.69) is 93.6 Å². The molecule has 1 saturated carbocycles. The highest BCUT2D eigenvalue weighted by Crippen LogP contribution is 2.47. The van der Waals surface area contributed by atoms with Gasteiger partial charge in [0, 0.05) is 5.41 Å². The van der Waals surface area contributed by atoms with Gasteiger partial charge in [-0.25, -0.2) is 0 Å². The Morgan fingerprint density at radius 1 is 0.571 bits per heavy atom. The van der Waals surface area contributed by atoms with Crippen molar-refractivity contribution in [2.24, 2.45) is 5.92 Å². The van der Waals surface area contributed by atoms with Crippen LogP contribution in [0, 0.1) is 19.8 Å². The van der Waals surface area contributed by atoms with Gasteiger partial charge in [0.05, 0.1) is 0 Å². The van der Waals surface area contributed by atoms with Crippen LogP contribution in [0.4, 0.5) is 0 Å². The fraction of sp³-hybridized carbons (Fsp3) is 0.273. The fourth-order valence-corrected chi connectivity index (χ4v) is 5.18. The van der Waals surface area contributed by atoms with Gasteiger partial charge in [-0.3, -0.25) is 0 Å². The lowest BCUT2D eigenvalue weighted by Crippen LogP contribution is -2.32. The lowest BCUT2D eigenvalue weighted by atomic mass is 9.63. The molecule has 178 valence electrons. The third-order valence-corrected chi connectivity index (χ3v) is 7.43. The molecule has 0 aliphatic heterocycles. The van der Waals surface area contributed by atoms with E-state index < -0.39 is 0 Å². The molecule has 0 aromatic heterocycles. The van der Waals surface area contributed by atoms with Gasteiger partial charge in [-0.05, 0) is 105 Å². The summed E-state index contributed by atoms with van der Waals surface area (Å²) in [6.07, 6.45) is 4.73. The Labute approximate surface area is 209 Å². The molecule has 0 amide bonds. The van der Waals surface area contributed by atoms with E-state index in [1.807, 2.05) is 24.3 Å². The summed E-state index contributed by atoms with van der Waals surface area (Å²) in [6, 6.07) is 33.9. The van der Waals surface area contributed by atoms with Gasteiger partial charge in [-0.1, -0.05) is 66.6 Å². The Balaban J connectivity index is 1.43. The summed E-state index contributed by atoms with van der Waals surface area (Å²) in [5.74, 6) is 4.26. The minimum atomic E-state index is -0.0124. The lowest BCUT2D eigenvalue weighted by molar-refractivity contribution is 0.279. The largest absolute Gasteiger partial charge is 0.457 e. The summed E-state index contributed by atoms with van der Waals surface area (Å²) in [7, 11) is 0. The van der Waals surface area contributed by atoms with Crippen LogP contribution in [0.3, 0.4) is 0 Å². The zero-order valence-corrected chi connectivity index (χ0v) is 21.0. The Bertz CT molecular complexity index is 1250. The molecule has 0 N–H and O–H groups in total. The number of hydrogen-bond donors (Lipinski definition) is 0. The molecule has 0 heterocycles. The predicted molar refractivity (Wildman–Crippen MR) is 144 cm³/mol. The van der Waals surface area contributed by atoms with Gasteiger partial charge < -0.3 is 9.47 Å². The fourth-order valence-electron chi connectivity index (χ4n) is 5.18. The van der Waals surface area contributed by atoms with Crippen molar-refractivity contribution in [3.8, 4) is 23.0 Å². The summed E-state index contributed by atoms with van der Waals surface area (Å²) >= 11 is 0. The molecule has 1 aliphatic rings. The summed E-state index contributed by atoms with van der Waals surface area (Å²) in [6.45, 7) is 6.55. The Morgan fingerprint density at radius 2 is 1.06 bits per heavy atom. The van der Waals surface area contributed by atoms with Gasteiger partial charge in [0.15, 0.2) is 0 Å². The maximum Gasteiger partial charge on any atom is 0.127 e. The van der Waals surface area contributed by atoms with E-state index in [4.69, 9.17) is 9.47 Å². The first-order valence-electron chi connectivity index (χ1n) is 12.7. The van der Waals surface area contributed by atoms with Gasteiger partial charge in [-0.2, -0.15) is 0 Å². The molecule has 4 aromatic carbocycles. The minimum absolute atomic E-state index is 0.0124. The number of benzene rings is 4. The first-order chi connectivity index (χ1) is 17.0. The van der Waals surface area contributed by atoms with Gasteiger partial charge in [0.1, 0.15) is 23.0 Å². The average Bonchev–Trinajstić information content (AvgIpc) is 2.88. The van der Waals surface area contributed by atoms with Crippen LogP contribution < -0.4 is 9.47 Å². The second-order valence-corrected chi connectivity index (χ2v) is 10.1. The molecule has 0 radical (unpaired) electrons. The van der Waals surface area contributed by atoms with Crippen molar-refractivity contribution < 1.29 is 9.47 Å². The summed E-state index contributed by atoms with van der Waals surface area (Å²) in [4.78, 5) is 0. The van der Waals surface area contributed by atoms with E-state index in [1.165, 1.54) is 35.1 Å². The van der Waals surface area contributed by atoms with E-state index in [0.29, 0.717) is 0 Å². The zero-order chi connectivity index (χ0) is 24.3. The van der Waals surface area contributed by atoms with Crippen LogP contribution in [0.5, 0.6) is 23.0 Å². The summed E-state index contributed by atoms with van der Waals surface area (Å²) in [5, 5.41) is 0. The highest BCUT2D eigenvalue weighted by atomic mass is 16.5. The first kappa shape index (κ1) is 23.2. The maximum absolute atomic E-state index is 6.24. The molecule has 0 bridgehead atoms. The molecule has 0 saturated heterocycles. The zero-order valence-electron chi connectivity index (χ0n) is 21.0. The second-order valence-electron chi connectivity index (χ2n) is 10.1. The van der Waals surface area contributed by atoms with Crippen LogP contribution in [0.25, 0.3) is 0 Å². The van der Waals surface area contributed by atoms with Crippen LogP contribution in [-0.2, 0) is 5.41 Å². The number of hydrogen-bond acceptors (Lipinski definition) is 2. The van der Waals surface area contributed by atoms with Crippen LogP contribution in [-0.4, -0.2) is 0 Å². The Kier molecular flexibility index (Phi) is 6.63. The molecule has 2 heteroatoms. The Hall–Kier alpha value is -3.52. The SMILES string of the molecule is Cc1ccc(Oc2ccc(C3(c4cccc(Oc5ccc(C)cc5)c4)CCC(C)CC3)cc2)cc1. The molecule has 0 atom stereocenters. The van der Waals surface area contributed by atoms with Crippen LogP contribution in [0.2, 0.25) is 0 Å². The quantitative estimate of drug-likeness (QED) is 0.284. The average molecular weight is 463 g/mol.